The molecule has 1 N–H and O–H groups in total. The SMILES string of the molecule is CC(NC(=O)CSc1nnc(-c2ccc(Cl)cc2)o1)c1cccs1. The number of nitrogens with one attached hydrogen (secondary N) is 1. The average molecular weight is 380 g/mol. The molecule has 0 spiro atoms. The van der Waals surface area contributed by atoms with Crippen molar-refractivity contribution in [1.82, 2.24) is 15.5 Å². The number of nitrogens with zero attached hydrogens (tertiary/aromatic N) is 2. The van der Waals surface area contributed by atoms with Crippen LogP contribution in [0.2, 0.25) is 5.02 Å². The summed E-state index contributed by atoms with van der Waals surface area (Å²) < 4.78 is 5.56. The van der Waals surface area contributed by atoms with Crippen molar-refractivity contribution < 1.29 is 9.21 Å². The number of thioether (sulfide) groups is 1. The van der Waals surface area contributed by atoms with Gasteiger partial charge in [-0.25, -0.2) is 0 Å². The Morgan fingerprint density at radius 3 is 2.83 bits per heavy atom. The van der Waals surface area contributed by atoms with Crippen LogP contribution < -0.4 is 5.32 Å². The van der Waals surface area contributed by atoms with Gasteiger partial charge in [-0.05, 0) is 42.6 Å². The van der Waals surface area contributed by atoms with E-state index in [1.807, 2.05) is 24.4 Å². The molecule has 24 heavy (non-hydrogen) atoms. The molecule has 1 unspecified atom stereocenters. The maximum atomic E-state index is 12.0. The minimum absolute atomic E-state index is 0.00888. The summed E-state index contributed by atoms with van der Waals surface area (Å²) in [6.45, 7) is 1.96. The van der Waals surface area contributed by atoms with Gasteiger partial charge in [-0.2, -0.15) is 0 Å². The monoisotopic (exact) mass is 379 g/mol. The Morgan fingerprint density at radius 1 is 1.33 bits per heavy atom. The van der Waals surface area contributed by atoms with E-state index in [9.17, 15) is 4.79 Å². The van der Waals surface area contributed by atoms with Crippen LogP contribution in [0.4, 0.5) is 0 Å². The van der Waals surface area contributed by atoms with Crippen molar-refractivity contribution in [2.24, 2.45) is 0 Å². The van der Waals surface area contributed by atoms with Gasteiger partial charge in [0.2, 0.25) is 11.8 Å². The summed E-state index contributed by atoms with van der Waals surface area (Å²) in [5.41, 5.74) is 0.787. The lowest BCUT2D eigenvalue weighted by Gasteiger charge is -2.11. The van der Waals surface area contributed by atoms with Crippen LogP contribution in [0.5, 0.6) is 0 Å². The third kappa shape index (κ3) is 4.37. The third-order valence-electron chi connectivity index (χ3n) is 3.17. The lowest BCUT2D eigenvalue weighted by molar-refractivity contribution is -0.119. The summed E-state index contributed by atoms with van der Waals surface area (Å²) >= 11 is 8.68. The fourth-order valence-corrected chi connectivity index (χ4v) is 3.43. The highest BCUT2D eigenvalue weighted by molar-refractivity contribution is 7.99. The van der Waals surface area contributed by atoms with Crippen LogP contribution in [0.1, 0.15) is 17.8 Å². The third-order valence-corrected chi connectivity index (χ3v) is 5.30. The van der Waals surface area contributed by atoms with E-state index in [1.165, 1.54) is 11.8 Å². The molecule has 1 atom stereocenters. The zero-order valence-electron chi connectivity index (χ0n) is 12.7. The van der Waals surface area contributed by atoms with E-state index >= 15 is 0 Å². The lowest BCUT2D eigenvalue weighted by Crippen LogP contribution is -2.27. The molecule has 2 aromatic heterocycles. The number of hydrogen-bond donors (Lipinski definition) is 1. The molecule has 0 saturated carbocycles. The molecule has 5 nitrogen and oxygen atoms in total. The van der Waals surface area contributed by atoms with Crippen LogP contribution in [0.15, 0.2) is 51.4 Å². The summed E-state index contributed by atoms with van der Waals surface area (Å²) in [4.78, 5) is 13.1. The molecule has 2 heterocycles. The van der Waals surface area contributed by atoms with Crippen LogP contribution in [0, 0.1) is 0 Å². The molecule has 3 rings (SSSR count). The second-order valence-electron chi connectivity index (χ2n) is 4.97. The number of thiophene rings is 1. The number of halogens is 1. The lowest BCUT2D eigenvalue weighted by atomic mass is 10.2. The van der Waals surface area contributed by atoms with Gasteiger partial charge < -0.3 is 9.73 Å². The molecular weight excluding hydrogens is 366 g/mol. The fraction of sp³-hybridized carbons (Fsp3) is 0.188. The summed E-state index contributed by atoms with van der Waals surface area (Å²) in [6, 6.07) is 11.1. The van der Waals surface area contributed by atoms with Crippen LogP contribution >= 0.6 is 34.7 Å². The number of carbonyl (C=O) groups is 1. The van der Waals surface area contributed by atoms with Crippen molar-refractivity contribution in [3.8, 4) is 11.5 Å². The van der Waals surface area contributed by atoms with Gasteiger partial charge in [-0.15, -0.1) is 21.5 Å². The quantitative estimate of drug-likeness (QED) is 0.642. The Bertz CT molecular complexity index is 803. The predicted molar refractivity (Wildman–Crippen MR) is 96.3 cm³/mol. The molecule has 124 valence electrons. The first-order valence-electron chi connectivity index (χ1n) is 7.17. The van der Waals surface area contributed by atoms with Gasteiger partial charge in [0, 0.05) is 15.5 Å². The van der Waals surface area contributed by atoms with E-state index in [4.69, 9.17) is 16.0 Å². The second-order valence-corrected chi connectivity index (χ2v) is 7.32. The van der Waals surface area contributed by atoms with E-state index in [0.717, 1.165) is 10.4 Å². The van der Waals surface area contributed by atoms with Gasteiger partial charge in [0.1, 0.15) is 0 Å². The first-order chi connectivity index (χ1) is 11.6. The van der Waals surface area contributed by atoms with Gasteiger partial charge >= 0.3 is 0 Å². The Balaban J connectivity index is 1.53. The minimum Gasteiger partial charge on any atom is -0.411 e. The van der Waals surface area contributed by atoms with Crippen LogP contribution in [-0.2, 0) is 4.79 Å². The van der Waals surface area contributed by atoms with Crippen molar-refractivity contribution in [3.63, 3.8) is 0 Å². The molecule has 0 fully saturated rings. The normalized spacial score (nSPS) is 12.1. The molecule has 0 aliphatic carbocycles. The number of aromatic nitrogens is 2. The van der Waals surface area contributed by atoms with Crippen molar-refractivity contribution in [3.05, 3.63) is 51.7 Å². The number of carbonyl (C=O) groups excluding carboxylic acids is 1. The Kier molecular flexibility index (Phi) is 5.55. The maximum absolute atomic E-state index is 12.0. The largest absolute Gasteiger partial charge is 0.411 e. The van der Waals surface area contributed by atoms with Gasteiger partial charge in [-0.3, -0.25) is 4.79 Å². The van der Waals surface area contributed by atoms with E-state index in [2.05, 4.69) is 15.5 Å². The molecule has 0 radical (unpaired) electrons. The molecule has 0 aliphatic heterocycles. The van der Waals surface area contributed by atoms with Crippen molar-refractivity contribution in [2.75, 3.05) is 5.75 Å². The Hall–Kier alpha value is -1.83. The standard InChI is InChI=1S/C16H14ClN3O2S2/c1-10(13-3-2-8-23-13)18-14(21)9-24-16-20-19-15(22-16)11-4-6-12(17)7-5-11/h2-8,10H,9H2,1H3,(H,18,21). The topological polar surface area (TPSA) is 68.0 Å². The number of benzene rings is 1. The summed E-state index contributed by atoms with van der Waals surface area (Å²) in [7, 11) is 0. The smallest absolute Gasteiger partial charge is 0.277 e. The summed E-state index contributed by atoms with van der Waals surface area (Å²) in [6.07, 6.45) is 0. The molecule has 0 bridgehead atoms. The highest BCUT2D eigenvalue weighted by Crippen LogP contribution is 2.24. The Labute approximate surface area is 152 Å². The van der Waals surface area contributed by atoms with Crippen molar-refractivity contribution >= 4 is 40.6 Å². The highest BCUT2D eigenvalue weighted by Gasteiger charge is 2.14. The molecule has 1 aromatic carbocycles. The van der Waals surface area contributed by atoms with Gasteiger partial charge in [0.05, 0.1) is 11.8 Å². The van der Waals surface area contributed by atoms with Gasteiger partial charge in [0.15, 0.2) is 0 Å². The number of rotatable bonds is 6. The van der Waals surface area contributed by atoms with E-state index in [1.54, 1.807) is 35.6 Å². The first-order valence-corrected chi connectivity index (χ1v) is 9.41. The molecule has 0 saturated heterocycles. The summed E-state index contributed by atoms with van der Waals surface area (Å²) in [5.74, 6) is 0.548. The zero-order valence-corrected chi connectivity index (χ0v) is 15.1. The maximum Gasteiger partial charge on any atom is 0.277 e. The second kappa shape index (κ2) is 7.83. The zero-order chi connectivity index (χ0) is 16.9. The fourth-order valence-electron chi connectivity index (χ4n) is 2.00. The molecule has 1 amide bonds. The molecule has 3 aromatic rings. The van der Waals surface area contributed by atoms with Crippen molar-refractivity contribution in [2.45, 2.75) is 18.2 Å². The van der Waals surface area contributed by atoms with Gasteiger partial charge in [0.25, 0.3) is 5.22 Å². The first kappa shape index (κ1) is 17.0. The number of hydrogen-bond acceptors (Lipinski definition) is 6. The predicted octanol–water partition coefficient (Wildman–Crippen LogP) is 4.42. The van der Waals surface area contributed by atoms with E-state index < -0.39 is 0 Å². The van der Waals surface area contributed by atoms with Crippen LogP contribution in [-0.4, -0.2) is 21.9 Å². The number of amides is 1. The molecular formula is C16H14ClN3O2S2. The van der Waals surface area contributed by atoms with E-state index in [0.29, 0.717) is 16.1 Å². The highest BCUT2D eigenvalue weighted by atomic mass is 35.5. The minimum atomic E-state index is -0.0767. The van der Waals surface area contributed by atoms with Crippen molar-refractivity contribution in [1.29, 1.82) is 0 Å². The van der Waals surface area contributed by atoms with Crippen LogP contribution in [0.3, 0.4) is 0 Å². The molecule has 8 heteroatoms. The Morgan fingerprint density at radius 2 is 2.12 bits per heavy atom. The van der Waals surface area contributed by atoms with E-state index in [-0.39, 0.29) is 17.7 Å². The van der Waals surface area contributed by atoms with Crippen LogP contribution in [0.25, 0.3) is 11.5 Å². The van der Waals surface area contributed by atoms with Gasteiger partial charge in [-0.1, -0.05) is 29.4 Å². The average Bonchev–Trinajstić information content (AvgIpc) is 3.25. The summed E-state index contributed by atoms with van der Waals surface area (Å²) in [5, 5.41) is 13.9. The molecule has 0 aliphatic rings.